The fraction of sp³-hybridized carbons (Fsp3) is 0.174. The van der Waals surface area contributed by atoms with Crippen LogP contribution in [0.15, 0.2) is 47.8 Å². The third-order valence-corrected chi connectivity index (χ3v) is 5.82. The molecule has 0 fully saturated rings. The van der Waals surface area contributed by atoms with Gasteiger partial charge in [-0.3, -0.25) is 19.3 Å². The van der Waals surface area contributed by atoms with Crippen molar-refractivity contribution >= 4 is 40.7 Å². The molecule has 3 aromatic rings. The number of carbonyl (C=O) groups excluding carboxylic acids is 4. The number of hydrogen-bond acceptors (Lipinski definition) is 7. The standard InChI is InChI=1S/C23H19N3O5S/c1-13-3-6-15(7-4-13)24-19(27)10-20-25-16(12-32-20)11-31-23(30)14-5-8-17-18(9-14)22(29)26(2)21(17)28/h3-9,12H,10-11H2,1-2H3,(H,24,27). The van der Waals surface area contributed by atoms with Crippen molar-refractivity contribution in [1.82, 2.24) is 9.88 Å². The number of aromatic nitrogens is 1. The lowest BCUT2D eigenvalue weighted by Crippen LogP contribution is -2.24. The molecule has 1 aromatic heterocycles. The molecule has 32 heavy (non-hydrogen) atoms. The number of nitrogens with one attached hydrogen (secondary N) is 1. The zero-order valence-corrected chi connectivity index (χ0v) is 18.2. The second-order valence-electron chi connectivity index (χ2n) is 7.33. The Morgan fingerprint density at radius 3 is 2.53 bits per heavy atom. The second kappa shape index (κ2) is 8.72. The number of carbonyl (C=O) groups is 4. The summed E-state index contributed by atoms with van der Waals surface area (Å²) >= 11 is 1.30. The molecule has 2 heterocycles. The van der Waals surface area contributed by atoms with Gasteiger partial charge in [-0.2, -0.15) is 0 Å². The highest BCUT2D eigenvalue weighted by atomic mass is 32.1. The van der Waals surface area contributed by atoms with E-state index in [1.807, 2.05) is 31.2 Å². The molecule has 1 aliphatic rings. The SMILES string of the molecule is Cc1ccc(NC(=O)Cc2nc(COC(=O)c3ccc4c(c3)C(=O)N(C)C4=O)cs2)cc1. The normalized spacial score (nSPS) is 12.6. The number of rotatable bonds is 6. The molecule has 2 aromatic carbocycles. The van der Waals surface area contributed by atoms with E-state index >= 15 is 0 Å². The van der Waals surface area contributed by atoms with Crippen LogP contribution < -0.4 is 5.32 Å². The molecule has 0 saturated carbocycles. The van der Waals surface area contributed by atoms with Crippen LogP contribution >= 0.6 is 11.3 Å². The Morgan fingerprint density at radius 2 is 1.78 bits per heavy atom. The molecule has 0 spiro atoms. The fourth-order valence-corrected chi connectivity index (χ4v) is 3.96. The maximum Gasteiger partial charge on any atom is 0.338 e. The van der Waals surface area contributed by atoms with Gasteiger partial charge < -0.3 is 10.1 Å². The molecule has 1 aliphatic heterocycles. The van der Waals surface area contributed by atoms with Crippen molar-refractivity contribution in [3.8, 4) is 0 Å². The van der Waals surface area contributed by atoms with Crippen molar-refractivity contribution in [3.05, 3.63) is 80.8 Å². The first-order chi connectivity index (χ1) is 15.3. The Labute approximate surface area is 187 Å². The van der Waals surface area contributed by atoms with Gasteiger partial charge in [0.05, 0.1) is 28.8 Å². The number of esters is 1. The monoisotopic (exact) mass is 449 g/mol. The summed E-state index contributed by atoms with van der Waals surface area (Å²) in [7, 11) is 1.39. The van der Waals surface area contributed by atoms with Gasteiger partial charge in [0.15, 0.2) is 0 Å². The first-order valence-corrected chi connectivity index (χ1v) is 10.6. The van der Waals surface area contributed by atoms with E-state index in [1.165, 1.54) is 36.6 Å². The summed E-state index contributed by atoms with van der Waals surface area (Å²) in [6, 6.07) is 11.8. The number of aryl methyl sites for hydroxylation is 1. The van der Waals surface area contributed by atoms with E-state index in [0.29, 0.717) is 16.4 Å². The first kappa shape index (κ1) is 21.4. The molecular weight excluding hydrogens is 430 g/mol. The minimum absolute atomic E-state index is 0.0707. The number of fused-ring (bicyclic) bond motifs is 1. The molecule has 0 bridgehead atoms. The number of nitrogens with zero attached hydrogens (tertiary/aromatic N) is 2. The Balaban J connectivity index is 1.33. The van der Waals surface area contributed by atoms with Gasteiger partial charge in [0.2, 0.25) is 5.91 Å². The van der Waals surface area contributed by atoms with Gasteiger partial charge in [-0.15, -0.1) is 11.3 Å². The van der Waals surface area contributed by atoms with Crippen LogP contribution in [-0.4, -0.2) is 40.6 Å². The molecular formula is C23H19N3O5S. The number of anilines is 1. The predicted molar refractivity (Wildman–Crippen MR) is 118 cm³/mol. The summed E-state index contributed by atoms with van der Waals surface area (Å²) in [4.78, 5) is 54.0. The number of thiazole rings is 1. The van der Waals surface area contributed by atoms with Gasteiger partial charge in [-0.05, 0) is 37.3 Å². The zero-order valence-electron chi connectivity index (χ0n) is 17.4. The van der Waals surface area contributed by atoms with Crippen LogP contribution in [0.25, 0.3) is 0 Å². The molecule has 0 radical (unpaired) electrons. The summed E-state index contributed by atoms with van der Waals surface area (Å²) in [5, 5.41) is 5.14. The maximum atomic E-state index is 12.4. The number of hydrogen-bond donors (Lipinski definition) is 1. The van der Waals surface area contributed by atoms with E-state index in [-0.39, 0.29) is 35.6 Å². The fourth-order valence-electron chi connectivity index (χ4n) is 3.19. The average Bonchev–Trinajstić information content (AvgIpc) is 3.31. The van der Waals surface area contributed by atoms with Crippen molar-refractivity contribution in [3.63, 3.8) is 0 Å². The highest BCUT2D eigenvalue weighted by Crippen LogP contribution is 2.23. The van der Waals surface area contributed by atoms with E-state index in [2.05, 4.69) is 10.3 Å². The summed E-state index contributed by atoms with van der Waals surface area (Å²) in [6.07, 6.45) is 0.112. The molecule has 0 saturated heterocycles. The van der Waals surface area contributed by atoms with Crippen molar-refractivity contribution in [2.75, 3.05) is 12.4 Å². The predicted octanol–water partition coefficient (Wildman–Crippen LogP) is 3.22. The van der Waals surface area contributed by atoms with Crippen LogP contribution in [0.2, 0.25) is 0 Å². The maximum absolute atomic E-state index is 12.4. The molecule has 4 rings (SSSR count). The minimum atomic E-state index is -0.630. The minimum Gasteiger partial charge on any atom is -0.456 e. The lowest BCUT2D eigenvalue weighted by molar-refractivity contribution is -0.115. The van der Waals surface area contributed by atoms with E-state index < -0.39 is 17.8 Å². The molecule has 1 N–H and O–H groups in total. The Hall–Kier alpha value is -3.85. The van der Waals surface area contributed by atoms with E-state index in [9.17, 15) is 19.2 Å². The average molecular weight is 449 g/mol. The van der Waals surface area contributed by atoms with Gasteiger partial charge in [0.25, 0.3) is 11.8 Å². The smallest absolute Gasteiger partial charge is 0.338 e. The van der Waals surface area contributed by atoms with Gasteiger partial charge in [0.1, 0.15) is 11.6 Å². The second-order valence-corrected chi connectivity index (χ2v) is 8.27. The molecule has 3 amide bonds. The molecule has 162 valence electrons. The van der Waals surface area contributed by atoms with Gasteiger partial charge >= 0.3 is 5.97 Å². The summed E-state index contributed by atoms with van der Waals surface area (Å²) < 4.78 is 5.28. The van der Waals surface area contributed by atoms with Crippen molar-refractivity contribution in [2.24, 2.45) is 0 Å². The number of benzene rings is 2. The lowest BCUT2D eigenvalue weighted by Gasteiger charge is -2.05. The highest BCUT2D eigenvalue weighted by Gasteiger charge is 2.33. The van der Waals surface area contributed by atoms with Gasteiger partial charge in [-0.25, -0.2) is 9.78 Å². The molecule has 9 heteroatoms. The third-order valence-electron chi connectivity index (χ3n) is 4.92. The number of imide groups is 1. The van der Waals surface area contributed by atoms with E-state index in [1.54, 1.807) is 5.38 Å². The first-order valence-electron chi connectivity index (χ1n) is 9.75. The molecule has 8 nitrogen and oxygen atoms in total. The molecule has 0 unspecified atom stereocenters. The van der Waals surface area contributed by atoms with Crippen LogP contribution in [-0.2, 0) is 22.6 Å². The topological polar surface area (TPSA) is 106 Å². The summed E-state index contributed by atoms with van der Waals surface area (Å²) in [6.45, 7) is 1.90. The Morgan fingerprint density at radius 1 is 1.06 bits per heavy atom. The van der Waals surface area contributed by atoms with Crippen LogP contribution in [0.1, 0.15) is 47.3 Å². The van der Waals surface area contributed by atoms with Crippen molar-refractivity contribution in [2.45, 2.75) is 20.0 Å². The quantitative estimate of drug-likeness (QED) is 0.458. The third kappa shape index (κ3) is 4.42. The number of ether oxygens (including phenoxy) is 1. The molecule has 0 aliphatic carbocycles. The largest absolute Gasteiger partial charge is 0.456 e. The summed E-state index contributed by atoms with van der Waals surface area (Å²) in [5.41, 5.74) is 2.97. The van der Waals surface area contributed by atoms with Crippen LogP contribution in [0, 0.1) is 6.92 Å². The van der Waals surface area contributed by atoms with Crippen molar-refractivity contribution in [1.29, 1.82) is 0 Å². The van der Waals surface area contributed by atoms with Crippen molar-refractivity contribution < 1.29 is 23.9 Å². The zero-order chi connectivity index (χ0) is 22.8. The van der Waals surface area contributed by atoms with Gasteiger partial charge in [0, 0.05) is 18.1 Å². The van der Waals surface area contributed by atoms with E-state index in [0.717, 1.165) is 10.5 Å². The highest BCUT2D eigenvalue weighted by molar-refractivity contribution is 7.09. The van der Waals surface area contributed by atoms with Crippen LogP contribution in [0.4, 0.5) is 5.69 Å². The Kier molecular flexibility index (Phi) is 5.83. The lowest BCUT2D eigenvalue weighted by atomic mass is 10.1. The number of amides is 3. The molecule has 0 atom stereocenters. The van der Waals surface area contributed by atoms with Crippen LogP contribution in [0.5, 0.6) is 0 Å². The van der Waals surface area contributed by atoms with E-state index in [4.69, 9.17) is 4.74 Å². The summed E-state index contributed by atoms with van der Waals surface area (Å²) in [5.74, 6) is -1.66. The van der Waals surface area contributed by atoms with Gasteiger partial charge in [-0.1, -0.05) is 17.7 Å². The van der Waals surface area contributed by atoms with Crippen LogP contribution in [0.3, 0.4) is 0 Å². The Bertz CT molecular complexity index is 1230.